The van der Waals surface area contributed by atoms with Gasteiger partial charge in [-0.1, -0.05) is 0 Å². The van der Waals surface area contributed by atoms with Gasteiger partial charge in [-0.05, 0) is 0 Å². The van der Waals surface area contributed by atoms with Gasteiger partial charge in [-0.15, -0.1) is 10.2 Å². The number of carbonyl (C=O) groups excluding carboxylic acids is 1. The maximum atomic E-state index is 11.9. The first-order valence-corrected chi connectivity index (χ1v) is 5.14. The van der Waals surface area contributed by atoms with E-state index in [0.717, 1.165) is 17.7 Å². The summed E-state index contributed by atoms with van der Waals surface area (Å²) in [6.07, 6.45) is 3.54. The number of fused-ring (bicyclic) bond motifs is 1. The number of amides is 1. The van der Waals surface area contributed by atoms with E-state index in [1.165, 1.54) is 17.3 Å². The zero-order valence-electron chi connectivity index (χ0n) is 8.88. The number of ether oxygens (including phenoxy) is 1. The number of nitrogens with one attached hydrogen (secondary N) is 2. The minimum atomic E-state index is -0.312. The Labute approximate surface area is 96.0 Å². The van der Waals surface area contributed by atoms with E-state index in [2.05, 4.69) is 25.8 Å². The van der Waals surface area contributed by atoms with E-state index in [1.807, 2.05) is 0 Å². The average molecular weight is 234 g/mol. The van der Waals surface area contributed by atoms with E-state index in [4.69, 9.17) is 4.74 Å². The largest absolute Gasteiger partial charge is 0.376 e. The van der Waals surface area contributed by atoms with Crippen molar-refractivity contribution in [1.29, 1.82) is 0 Å². The lowest BCUT2D eigenvalue weighted by molar-refractivity contribution is 0.0973. The number of aromatic amines is 1. The van der Waals surface area contributed by atoms with Crippen molar-refractivity contribution < 1.29 is 9.53 Å². The number of hydrogen-bond acceptors (Lipinski definition) is 5. The fourth-order valence-corrected chi connectivity index (χ4v) is 1.73. The molecular formula is C9H10N6O2. The molecule has 88 valence electrons. The Morgan fingerprint density at radius 1 is 1.47 bits per heavy atom. The van der Waals surface area contributed by atoms with E-state index < -0.39 is 0 Å². The van der Waals surface area contributed by atoms with Crippen LogP contribution in [-0.4, -0.2) is 37.6 Å². The molecule has 0 saturated carbocycles. The molecule has 0 saturated heterocycles. The van der Waals surface area contributed by atoms with Crippen molar-refractivity contribution in [3.05, 3.63) is 29.6 Å². The van der Waals surface area contributed by atoms with Crippen LogP contribution in [0.5, 0.6) is 0 Å². The van der Waals surface area contributed by atoms with Gasteiger partial charge in [0.2, 0.25) is 0 Å². The van der Waals surface area contributed by atoms with Crippen LogP contribution in [0.15, 0.2) is 12.7 Å². The van der Waals surface area contributed by atoms with Gasteiger partial charge in [0.05, 0.1) is 13.2 Å². The highest BCUT2D eigenvalue weighted by atomic mass is 16.5. The van der Waals surface area contributed by atoms with Gasteiger partial charge in [-0.25, -0.2) is 4.68 Å². The van der Waals surface area contributed by atoms with Crippen LogP contribution in [0, 0.1) is 0 Å². The summed E-state index contributed by atoms with van der Waals surface area (Å²) in [6, 6.07) is 0. The van der Waals surface area contributed by atoms with Gasteiger partial charge in [0.1, 0.15) is 12.7 Å². The van der Waals surface area contributed by atoms with Crippen molar-refractivity contribution in [2.45, 2.75) is 13.0 Å². The van der Waals surface area contributed by atoms with Crippen LogP contribution in [-0.2, 0) is 17.8 Å². The Hall–Kier alpha value is -2.22. The predicted octanol–water partition coefficient (Wildman–Crippen LogP) is -0.542. The van der Waals surface area contributed by atoms with E-state index in [-0.39, 0.29) is 5.91 Å². The molecule has 2 aromatic rings. The summed E-state index contributed by atoms with van der Waals surface area (Å²) < 4.78 is 6.68. The standard InChI is InChI=1S/C9H10N6O2/c16-9(14-15-4-10-11-5-15)8-6-3-17-2-1-7(6)12-13-8/h4-5H,1-3H2,(H,12,13)(H,14,16). The summed E-state index contributed by atoms with van der Waals surface area (Å²) >= 11 is 0. The second-order valence-corrected chi connectivity index (χ2v) is 3.64. The molecule has 0 atom stereocenters. The fourth-order valence-electron chi connectivity index (χ4n) is 1.73. The third kappa shape index (κ3) is 1.78. The Kier molecular flexibility index (Phi) is 2.33. The number of rotatable bonds is 2. The van der Waals surface area contributed by atoms with E-state index >= 15 is 0 Å². The molecular weight excluding hydrogens is 224 g/mol. The second kappa shape index (κ2) is 3.98. The number of aromatic nitrogens is 5. The highest BCUT2D eigenvalue weighted by molar-refractivity contribution is 5.99. The minimum absolute atomic E-state index is 0.312. The summed E-state index contributed by atoms with van der Waals surface area (Å²) in [7, 11) is 0. The van der Waals surface area contributed by atoms with Crippen LogP contribution in [0.3, 0.4) is 0 Å². The van der Waals surface area contributed by atoms with Crippen molar-refractivity contribution in [2.75, 3.05) is 12.0 Å². The lowest BCUT2D eigenvalue weighted by atomic mass is 10.1. The first-order chi connectivity index (χ1) is 8.34. The number of H-pyrrole nitrogens is 1. The number of hydrogen-bond donors (Lipinski definition) is 2. The SMILES string of the molecule is O=C(Nn1cnnc1)c1n[nH]c2c1COCC2. The van der Waals surface area contributed by atoms with Crippen LogP contribution in [0.25, 0.3) is 0 Å². The molecule has 0 fully saturated rings. The van der Waals surface area contributed by atoms with Crippen LogP contribution >= 0.6 is 0 Å². The van der Waals surface area contributed by atoms with E-state index in [0.29, 0.717) is 18.9 Å². The normalized spacial score (nSPS) is 14.4. The number of carbonyl (C=O) groups is 1. The molecule has 17 heavy (non-hydrogen) atoms. The quantitative estimate of drug-likeness (QED) is 0.727. The van der Waals surface area contributed by atoms with Crippen molar-refractivity contribution in [3.63, 3.8) is 0 Å². The van der Waals surface area contributed by atoms with Crippen LogP contribution in [0.2, 0.25) is 0 Å². The fraction of sp³-hybridized carbons (Fsp3) is 0.333. The van der Waals surface area contributed by atoms with Gasteiger partial charge in [-0.3, -0.25) is 15.3 Å². The Bertz CT molecular complexity index is 532. The van der Waals surface area contributed by atoms with Gasteiger partial charge < -0.3 is 4.74 Å². The van der Waals surface area contributed by atoms with Gasteiger partial charge in [0.15, 0.2) is 5.69 Å². The number of nitrogens with zero attached hydrogens (tertiary/aromatic N) is 4. The van der Waals surface area contributed by atoms with Crippen LogP contribution < -0.4 is 5.43 Å². The Morgan fingerprint density at radius 3 is 3.12 bits per heavy atom. The zero-order valence-corrected chi connectivity index (χ0v) is 8.88. The summed E-state index contributed by atoms with van der Waals surface area (Å²) in [4.78, 5) is 11.9. The smallest absolute Gasteiger partial charge is 0.291 e. The summed E-state index contributed by atoms with van der Waals surface area (Å²) in [6.45, 7) is 1.07. The Morgan fingerprint density at radius 2 is 2.29 bits per heavy atom. The van der Waals surface area contributed by atoms with Gasteiger partial charge in [-0.2, -0.15) is 5.10 Å². The molecule has 0 aromatic carbocycles. The summed E-state index contributed by atoms with van der Waals surface area (Å²) in [5.41, 5.74) is 4.73. The maximum Gasteiger partial charge on any atom is 0.291 e. The third-order valence-electron chi connectivity index (χ3n) is 2.56. The molecule has 0 unspecified atom stereocenters. The van der Waals surface area contributed by atoms with Crippen molar-refractivity contribution in [2.24, 2.45) is 0 Å². The van der Waals surface area contributed by atoms with E-state index in [1.54, 1.807) is 0 Å². The monoisotopic (exact) mass is 234 g/mol. The molecule has 1 aliphatic heterocycles. The van der Waals surface area contributed by atoms with Gasteiger partial charge in [0.25, 0.3) is 5.91 Å². The molecule has 8 heteroatoms. The van der Waals surface area contributed by atoms with Crippen molar-refractivity contribution >= 4 is 5.91 Å². The predicted molar refractivity (Wildman–Crippen MR) is 55.7 cm³/mol. The lowest BCUT2D eigenvalue weighted by Gasteiger charge is -2.12. The van der Waals surface area contributed by atoms with Gasteiger partial charge >= 0.3 is 0 Å². The minimum Gasteiger partial charge on any atom is -0.376 e. The molecule has 0 radical (unpaired) electrons. The molecule has 8 nitrogen and oxygen atoms in total. The van der Waals surface area contributed by atoms with Crippen molar-refractivity contribution in [3.8, 4) is 0 Å². The Balaban J connectivity index is 1.84. The molecule has 1 aliphatic rings. The maximum absolute atomic E-state index is 11.9. The molecule has 2 N–H and O–H groups in total. The van der Waals surface area contributed by atoms with Crippen LogP contribution in [0.1, 0.15) is 21.7 Å². The highest BCUT2D eigenvalue weighted by Gasteiger charge is 2.22. The molecule has 0 bridgehead atoms. The summed E-state index contributed by atoms with van der Waals surface area (Å²) in [5.74, 6) is -0.312. The molecule has 3 heterocycles. The average Bonchev–Trinajstić information content (AvgIpc) is 2.96. The van der Waals surface area contributed by atoms with Crippen LogP contribution in [0.4, 0.5) is 0 Å². The third-order valence-corrected chi connectivity index (χ3v) is 2.56. The topological polar surface area (TPSA) is 97.7 Å². The molecule has 2 aromatic heterocycles. The molecule has 0 spiro atoms. The zero-order chi connectivity index (χ0) is 11.7. The van der Waals surface area contributed by atoms with E-state index in [9.17, 15) is 4.79 Å². The second-order valence-electron chi connectivity index (χ2n) is 3.64. The van der Waals surface area contributed by atoms with Crippen molar-refractivity contribution in [1.82, 2.24) is 25.1 Å². The first kappa shape index (κ1) is 9.97. The highest BCUT2D eigenvalue weighted by Crippen LogP contribution is 2.17. The molecule has 1 amide bonds. The van der Waals surface area contributed by atoms with Gasteiger partial charge in [0, 0.05) is 17.7 Å². The summed E-state index contributed by atoms with van der Waals surface area (Å²) in [5, 5.41) is 14.0. The first-order valence-electron chi connectivity index (χ1n) is 5.14. The molecule has 3 rings (SSSR count). The lowest BCUT2D eigenvalue weighted by Crippen LogP contribution is -2.23. The molecule has 0 aliphatic carbocycles.